The van der Waals surface area contributed by atoms with Gasteiger partial charge in [0.2, 0.25) is 5.91 Å². The van der Waals surface area contributed by atoms with Gasteiger partial charge < -0.3 is 10.6 Å². The highest BCUT2D eigenvalue weighted by Crippen LogP contribution is 2.31. The summed E-state index contributed by atoms with van der Waals surface area (Å²) in [4.78, 5) is 12.4. The predicted molar refractivity (Wildman–Crippen MR) is 106 cm³/mol. The molecular formula is C22H24ClFN2O. The number of benzene rings is 2. The first kappa shape index (κ1) is 18.5. The summed E-state index contributed by atoms with van der Waals surface area (Å²) in [5.74, 6) is 0.589. The highest BCUT2D eigenvalue weighted by molar-refractivity contribution is 6.30. The number of hydrogen-bond donors (Lipinski definition) is 2. The fraction of sp³-hybridized carbons (Fsp3) is 0.409. The molecular weight excluding hydrogens is 363 g/mol. The lowest BCUT2D eigenvalue weighted by Gasteiger charge is -2.26. The Balaban J connectivity index is 1.41. The van der Waals surface area contributed by atoms with Crippen molar-refractivity contribution in [2.24, 2.45) is 11.8 Å². The molecule has 5 heteroatoms. The molecule has 142 valence electrons. The second-order valence-corrected chi connectivity index (χ2v) is 8.10. The first-order valence-electron chi connectivity index (χ1n) is 9.65. The number of carbonyl (C=O) groups excluding carboxylic acids is 1. The van der Waals surface area contributed by atoms with Crippen LogP contribution in [0.4, 0.5) is 4.39 Å². The van der Waals surface area contributed by atoms with Gasteiger partial charge in [0.25, 0.3) is 0 Å². The van der Waals surface area contributed by atoms with Crippen LogP contribution < -0.4 is 10.6 Å². The fourth-order valence-corrected chi connectivity index (χ4v) is 4.56. The van der Waals surface area contributed by atoms with E-state index in [-0.39, 0.29) is 23.7 Å². The fourth-order valence-electron chi connectivity index (χ4n) is 4.39. The molecule has 2 heterocycles. The third-order valence-corrected chi connectivity index (χ3v) is 6.08. The van der Waals surface area contributed by atoms with E-state index in [0.717, 1.165) is 49.9 Å². The quantitative estimate of drug-likeness (QED) is 0.827. The Kier molecular flexibility index (Phi) is 5.46. The number of rotatable bonds is 4. The number of nitrogens with one attached hydrogen (secondary N) is 2. The molecule has 0 saturated carbocycles. The lowest BCUT2D eigenvalue weighted by atomic mass is 9.82. The summed E-state index contributed by atoms with van der Waals surface area (Å²) < 4.78 is 14.0. The van der Waals surface area contributed by atoms with Crippen LogP contribution in [0.1, 0.15) is 24.8 Å². The summed E-state index contributed by atoms with van der Waals surface area (Å²) in [5.41, 5.74) is 2.47. The van der Waals surface area contributed by atoms with Crippen LogP contribution in [0.15, 0.2) is 42.5 Å². The van der Waals surface area contributed by atoms with E-state index in [9.17, 15) is 9.18 Å². The Morgan fingerprint density at radius 2 is 1.81 bits per heavy atom. The maximum atomic E-state index is 14.0. The van der Waals surface area contributed by atoms with Crippen molar-refractivity contribution in [1.29, 1.82) is 0 Å². The molecule has 2 fully saturated rings. The number of halogens is 2. The summed E-state index contributed by atoms with van der Waals surface area (Å²) in [7, 11) is 0. The van der Waals surface area contributed by atoms with Gasteiger partial charge in [-0.1, -0.05) is 35.9 Å². The number of piperidine rings is 1. The summed E-state index contributed by atoms with van der Waals surface area (Å²) in [6, 6.07) is 12.6. The molecule has 27 heavy (non-hydrogen) atoms. The maximum absolute atomic E-state index is 14.0. The first-order chi connectivity index (χ1) is 13.1. The lowest BCUT2D eigenvalue weighted by Crippen LogP contribution is -2.34. The van der Waals surface area contributed by atoms with Gasteiger partial charge in [-0.05, 0) is 74.0 Å². The van der Waals surface area contributed by atoms with Gasteiger partial charge in [0, 0.05) is 22.5 Å². The lowest BCUT2D eigenvalue weighted by molar-refractivity contribution is -0.124. The monoisotopic (exact) mass is 386 g/mol. The molecule has 4 rings (SSSR count). The Bertz CT molecular complexity index is 818. The number of amides is 1. The minimum absolute atomic E-state index is 0.150. The highest BCUT2D eigenvalue weighted by atomic mass is 35.5. The second kappa shape index (κ2) is 7.99. The van der Waals surface area contributed by atoms with Crippen LogP contribution in [0.3, 0.4) is 0 Å². The van der Waals surface area contributed by atoms with Gasteiger partial charge in [-0.3, -0.25) is 4.79 Å². The Hall–Kier alpha value is -1.91. The second-order valence-electron chi connectivity index (χ2n) is 7.66. The summed E-state index contributed by atoms with van der Waals surface area (Å²) in [6.45, 7) is 2.03. The van der Waals surface area contributed by atoms with E-state index in [1.807, 2.05) is 24.3 Å². The van der Waals surface area contributed by atoms with E-state index in [1.54, 1.807) is 12.1 Å². The van der Waals surface area contributed by atoms with Gasteiger partial charge in [-0.15, -0.1) is 0 Å². The van der Waals surface area contributed by atoms with E-state index >= 15 is 0 Å². The summed E-state index contributed by atoms with van der Waals surface area (Å²) >= 11 is 5.99. The van der Waals surface area contributed by atoms with Crippen molar-refractivity contribution >= 4 is 17.5 Å². The van der Waals surface area contributed by atoms with Crippen LogP contribution in [-0.2, 0) is 11.2 Å². The minimum Gasteiger partial charge on any atom is -0.353 e. The van der Waals surface area contributed by atoms with Gasteiger partial charge in [0.1, 0.15) is 5.82 Å². The molecule has 0 spiro atoms. The Morgan fingerprint density at radius 1 is 1.07 bits per heavy atom. The van der Waals surface area contributed by atoms with Crippen LogP contribution in [0, 0.1) is 17.7 Å². The average Bonchev–Trinajstić information content (AvgIpc) is 3.05. The molecule has 2 N–H and O–H groups in total. The largest absolute Gasteiger partial charge is 0.353 e. The van der Waals surface area contributed by atoms with E-state index in [1.165, 1.54) is 6.07 Å². The zero-order valence-electron chi connectivity index (χ0n) is 15.2. The third-order valence-electron chi connectivity index (χ3n) is 5.85. The summed E-state index contributed by atoms with van der Waals surface area (Å²) in [5, 5.41) is 7.06. The normalized spacial score (nSPS) is 23.4. The molecule has 2 unspecified atom stereocenters. The Morgan fingerprint density at radius 3 is 2.56 bits per heavy atom. The van der Waals surface area contributed by atoms with Crippen LogP contribution in [-0.4, -0.2) is 25.0 Å². The van der Waals surface area contributed by atoms with Gasteiger partial charge >= 0.3 is 0 Å². The number of carbonyl (C=O) groups is 1. The zero-order chi connectivity index (χ0) is 18.8. The van der Waals surface area contributed by atoms with E-state index in [0.29, 0.717) is 16.5 Å². The average molecular weight is 387 g/mol. The highest BCUT2D eigenvalue weighted by Gasteiger charge is 2.37. The minimum atomic E-state index is -0.278. The molecule has 0 radical (unpaired) electrons. The molecule has 1 amide bonds. The summed E-state index contributed by atoms with van der Waals surface area (Å²) in [6.07, 6.45) is 3.90. The number of hydrogen-bond acceptors (Lipinski definition) is 2. The van der Waals surface area contributed by atoms with Crippen molar-refractivity contribution in [3.63, 3.8) is 0 Å². The van der Waals surface area contributed by atoms with Gasteiger partial charge in [-0.25, -0.2) is 4.39 Å². The van der Waals surface area contributed by atoms with Gasteiger partial charge in [0.15, 0.2) is 0 Å². The molecule has 3 nitrogen and oxygen atoms in total. The van der Waals surface area contributed by atoms with Crippen LogP contribution in [0.2, 0.25) is 5.02 Å². The van der Waals surface area contributed by atoms with Gasteiger partial charge in [0.05, 0.1) is 0 Å². The van der Waals surface area contributed by atoms with Crippen molar-refractivity contribution in [2.75, 3.05) is 13.1 Å². The van der Waals surface area contributed by atoms with Crippen LogP contribution in [0.25, 0.3) is 11.1 Å². The predicted octanol–water partition coefficient (Wildman–Crippen LogP) is 4.19. The molecule has 2 aliphatic heterocycles. The molecule has 0 aliphatic carbocycles. The smallest absolute Gasteiger partial charge is 0.223 e. The standard InChI is InChI=1S/C22H24ClFN2O/c23-17-5-6-21(24)19(12-17)15-3-1-14(2-4-15)11-18-13-20(22(27)26-18)16-7-9-25-10-8-16/h1-6,12,16,18,20,25H,7-11,13H2,(H,26,27). The molecule has 2 aromatic rings. The molecule has 0 aromatic heterocycles. The molecule has 2 atom stereocenters. The maximum Gasteiger partial charge on any atom is 0.223 e. The van der Waals surface area contributed by atoms with Crippen molar-refractivity contribution < 1.29 is 9.18 Å². The molecule has 2 aliphatic rings. The zero-order valence-corrected chi connectivity index (χ0v) is 15.9. The Labute approximate surface area is 164 Å². The topological polar surface area (TPSA) is 41.1 Å². The molecule has 2 aromatic carbocycles. The van der Waals surface area contributed by atoms with Crippen LogP contribution in [0.5, 0.6) is 0 Å². The van der Waals surface area contributed by atoms with Crippen LogP contribution >= 0.6 is 11.6 Å². The van der Waals surface area contributed by atoms with E-state index in [2.05, 4.69) is 10.6 Å². The van der Waals surface area contributed by atoms with E-state index < -0.39 is 0 Å². The van der Waals surface area contributed by atoms with Gasteiger partial charge in [-0.2, -0.15) is 0 Å². The first-order valence-corrected chi connectivity index (χ1v) is 10.0. The SMILES string of the molecule is O=C1NC(Cc2ccc(-c3cc(Cl)ccc3F)cc2)CC1C1CCNCC1. The van der Waals surface area contributed by atoms with Crippen molar-refractivity contribution in [2.45, 2.75) is 31.7 Å². The molecule has 0 bridgehead atoms. The van der Waals surface area contributed by atoms with E-state index in [4.69, 9.17) is 11.6 Å². The molecule has 2 saturated heterocycles. The van der Waals surface area contributed by atoms with Crippen molar-refractivity contribution in [1.82, 2.24) is 10.6 Å². The van der Waals surface area contributed by atoms with Crippen molar-refractivity contribution in [3.05, 3.63) is 58.9 Å². The van der Waals surface area contributed by atoms with Crippen molar-refractivity contribution in [3.8, 4) is 11.1 Å². The third kappa shape index (κ3) is 4.17.